The highest BCUT2D eigenvalue weighted by atomic mass is 16.2. The number of hydrogen-bond acceptors (Lipinski definition) is 4. The summed E-state index contributed by atoms with van der Waals surface area (Å²) < 4.78 is 0. The summed E-state index contributed by atoms with van der Waals surface area (Å²) >= 11 is 0. The van der Waals surface area contributed by atoms with Gasteiger partial charge in [-0.2, -0.15) is 5.10 Å². The van der Waals surface area contributed by atoms with Crippen LogP contribution in [0.5, 0.6) is 0 Å². The molecule has 0 saturated heterocycles. The van der Waals surface area contributed by atoms with Crippen molar-refractivity contribution in [3.05, 3.63) is 73.1 Å². The van der Waals surface area contributed by atoms with Gasteiger partial charge in [-0.1, -0.05) is 31.2 Å². The summed E-state index contributed by atoms with van der Waals surface area (Å²) in [5.41, 5.74) is 3.59. The van der Waals surface area contributed by atoms with Crippen LogP contribution < -0.4 is 16.6 Å². The molecule has 1 aliphatic heterocycles. The van der Waals surface area contributed by atoms with E-state index in [1.54, 1.807) is 0 Å². The first-order valence-corrected chi connectivity index (χ1v) is 7.85. The van der Waals surface area contributed by atoms with E-state index >= 15 is 0 Å². The second kappa shape index (κ2) is 5.23. The molecule has 0 fully saturated rings. The molecule has 1 aliphatic rings. The van der Waals surface area contributed by atoms with E-state index in [9.17, 15) is 9.59 Å². The van der Waals surface area contributed by atoms with Gasteiger partial charge in [0.1, 0.15) is 5.82 Å². The molecular formula is C17H17N5O2. The minimum absolute atomic E-state index is 0.290. The summed E-state index contributed by atoms with van der Waals surface area (Å²) in [7, 11) is 0. The quantitative estimate of drug-likeness (QED) is 0.452. The molecule has 1 aromatic carbocycles. The molecule has 7 heteroatoms. The maximum Gasteiger partial charge on any atom is 0.327 e. The zero-order valence-electron chi connectivity index (χ0n) is 13.4. The van der Waals surface area contributed by atoms with Crippen molar-refractivity contribution in [3.8, 4) is 0 Å². The van der Waals surface area contributed by atoms with Crippen LogP contribution in [0.1, 0.15) is 40.8 Å². The van der Waals surface area contributed by atoms with Crippen molar-refractivity contribution in [2.24, 2.45) is 0 Å². The standard InChI is InChI=1S/C17H17N5O2/c1-3-9-4-6-10(7-5-9)12-11-8(2)21-22-15(11)18-14-13(12)16(23)20-17(24)19-14/h4-7,12H,3H2,1-2H3,(H4,18,19,20,21,22,23,24). The van der Waals surface area contributed by atoms with Gasteiger partial charge in [0.2, 0.25) is 0 Å². The van der Waals surface area contributed by atoms with Crippen molar-refractivity contribution in [2.45, 2.75) is 26.2 Å². The van der Waals surface area contributed by atoms with Gasteiger partial charge in [-0.15, -0.1) is 0 Å². The van der Waals surface area contributed by atoms with Crippen molar-refractivity contribution < 1.29 is 0 Å². The van der Waals surface area contributed by atoms with Gasteiger partial charge in [0.25, 0.3) is 5.56 Å². The van der Waals surface area contributed by atoms with Crippen LogP contribution in [0, 0.1) is 6.92 Å². The molecule has 0 amide bonds. The van der Waals surface area contributed by atoms with Crippen LogP contribution in [0.3, 0.4) is 0 Å². The summed E-state index contributed by atoms with van der Waals surface area (Å²) in [6.07, 6.45) is 0.951. The zero-order chi connectivity index (χ0) is 16.8. The number of nitrogens with one attached hydrogen (secondary N) is 4. The smallest absolute Gasteiger partial charge is 0.324 e. The van der Waals surface area contributed by atoms with E-state index in [0.29, 0.717) is 17.2 Å². The Bertz CT molecular complexity index is 1030. The Morgan fingerprint density at radius 3 is 2.54 bits per heavy atom. The molecule has 0 radical (unpaired) electrons. The Hall–Kier alpha value is -3.09. The third-order valence-corrected chi connectivity index (χ3v) is 4.52. The second-order valence-electron chi connectivity index (χ2n) is 5.96. The van der Waals surface area contributed by atoms with E-state index in [1.165, 1.54) is 5.56 Å². The lowest BCUT2D eigenvalue weighted by Crippen LogP contribution is -2.31. The monoisotopic (exact) mass is 323 g/mol. The van der Waals surface area contributed by atoms with Crippen molar-refractivity contribution in [3.63, 3.8) is 0 Å². The van der Waals surface area contributed by atoms with E-state index in [-0.39, 0.29) is 5.92 Å². The van der Waals surface area contributed by atoms with Crippen LogP contribution in [0.25, 0.3) is 0 Å². The molecule has 3 heterocycles. The van der Waals surface area contributed by atoms with Gasteiger partial charge in [-0.25, -0.2) is 4.79 Å². The van der Waals surface area contributed by atoms with E-state index < -0.39 is 11.2 Å². The SMILES string of the molecule is CCc1ccc(C2c3c(n[nH]c3C)Nc3[nH]c(=O)[nH]c(=O)c32)cc1. The average molecular weight is 323 g/mol. The third-order valence-electron chi connectivity index (χ3n) is 4.52. The minimum Gasteiger partial charge on any atom is -0.324 e. The molecule has 1 unspecified atom stereocenters. The number of benzene rings is 1. The molecule has 2 aromatic heterocycles. The maximum atomic E-state index is 12.5. The Morgan fingerprint density at radius 2 is 1.83 bits per heavy atom. The van der Waals surface area contributed by atoms with Crippen LogP contribution >= 0.6 is 0 Å². The summed E-state index contributed by atoms with van der Waals surface area (Å²) in [6, 6.07) is 8.18. The molecular weight excluding hydrogens is 306 g/mol. The van der Waals surface area contributed by atoms with Gasteiger partial charge in [-0.05, 0) is 24.5 Å². The number of anilines is 2. The van der Waals surface area contributed by atoms with E-state index in [4.69, 9.17) is 0 Å². The predicted octanol–water partition coefficient (Wildman–Crippen LogP) is 1.89. The maximum absolute atomic E-state index is 12.5. The fourth-order valence-corrected chi connectivity index (χ4v) is 3.30. The predicted molar refractivity (Wildman–Crippen MR) is 91.1 cm³/mol. The number of H-pyrrole nitrogens is 3. The number of fused-ring (bicyclic) bond motifs is 2. The lowest BCUT2D eigenvalue weighted by atomic mass is 9.83. The molecule has 1 atom stereocenters. The molecule has 0 bridgehead atoms. The van der Waals surface area contributed by atoms with Crippen LogP contribution in [0.4, 0.5) is 11.6 Å². The first-order valence-electron chi connectivity index (χ1n) is 7.85. The molecule has 0 aliphatic carbocycles. The third kappa shape index (κ3) is 2.09. The summed E-state index contributed by atoms with van der Waals surface area (Å²) in [5, 5.41) is 10.3. The van der Waals surface area contributed by atoms with Crippen LogP contribution in [-0.2, 0) is 6.42 Å². The second-order valence-corrected chi connectivity index (χ2v) is 5.96. The molecule has 122 valence electrons. The fourth-order valence-electron chi connectivity index (χ4n) is 3.30. The summed E-state index contributed by atoms with van der Waals surface area (Å²) in [5.74, 6) is 0.736. The normalized spacial score (nSPS) is 15.5. The van der Waals surface area contributed by atoms with Crippen molar-refractivity contribution in [1.29, 1.82) is 0 Å². The molecule has 4 rings (SSSR count). The zero-order valence-corrected chi connectivity index (χ0v) is 13.4. The highest BCUT2D eigenvalue weighted by molar-refractivity contribution is 5.71. The topological polar surface area (TPSA) is 106 Å². The lowest BCUT2D eigenvalue weighted by molar-refractivity contribution is 0.880. The summed E-state index contributed by atoms with van der Waals surface area (Å²) in [6.45, 7) is 4.02. The summed E-state index contributed by atoms with van der Waals surface area (Å²) in [4.78, 5) is 29.1. The highest BCUT2D eigenvalue weighted by Crippen LogP contribution is 2.42. The van der Waals surface area contributed by atoms with Crippen molar-refractivity contribution in [1.82, 2.24) is 20.2 Å². The minimum atomic E-state index is -0.540. The first kappa shape index (κ1) is 14.5. The Balaban J connectivity index is 1.99. The lowest BCUT2D eigenvalue weighted by Gasteiger charge is -2.25. The molecule has 7 nitrogen and oxygen atoms in total. The van der Waals surface area contributed by atoms with Gasteiger partial charge >= 0.3 is 5.69 Å². The number of nitrogens with zero attached hydrogens (tertiary/aromatic N) is 1. The number of hydrogen-bond donors (Lipinski definition) is 4. The molecule has 3 aromatic rings. The Morgan fingerprint density at radius 1 is 1.08 bits per heavy atom. The van der Waals surface area contributed by atoms with Crippen molar-refractivity contribution >= 4 is 11.6 Å². The Kier molecular flexibility index (Phi) is 3.16. The average Bonchev–Trinajstić information content (AvgIpc) is 2.94. The van der Waals surface area contributed by atoms with Gasteiger partial charge in [0, 0.05) is 17.2 Å². The molecule has 0 saturated carbocycles. The van der Waals surface area contributed by atoms with Crippen LogP contribution in [-0.4, -0.2) is 20.2 Å². The molecule has 0 spiro atoms. The first-order chi connectivity index (χ1) is 11.6. The van der Waals surface area contributed by atoms with E-state index in [1.807, 2.05) is 19.1 Å². The Labute approximate surface area is 137 Å². The van der Waals surface area contributed by atoms with Gasteiger partial charge in [-0.3, -0.25) is 19.9 Å². The van der Waals surface area contributed by atoms with E-state index in [0.717, 1.165) is 23.2 Å². The van der Waals surface area contributed by atoms with Gasteiger partial charge < -0.3 is 5.32 Å². The number of aromatic nitrogens is 4. The number of rotatable bonds is 2. The van der Waals surface area contributed by atoms with Crippen molar-refractivity contribution in [2.75, 3.05) is 5.32 Å². The van der Waals surface area contributed by atoms with Crippen LogP contribution in [0.15, 0.2) is 33.9 Å². The highest BCUT2D eigenvalue weighted by Gasteiger charge is 2.33. The molecule has 4 N–H and O–H groups in total. The number of aromatic amines is 3. The number of aryl methyl sites for hydroxylation is 2. The van der Waals surface area contributed by atoms with E-state index in [2.05, 4.69) is 44.5 Å². The van der Waals surface area contributed by atoms with Gasteiger partial charge in [0.15, 0.2) is 5.82 Å². The van der Waals surface area contributed by atoms with Gasteiger partial charge in [0.05, 0.1) is 5.56 Å². The fraction of sp³-hybridized carbons (Fsp3) is 0.235. The van der Waals surface area contributed by atoms with Crippen LogP contribution in [0.2, 0.25) is 0 Å². The molecule has 24 heavy (non-hydrogen) atoms. The largest absolute Gasteiger partial charge is 0.327 e.